The van der Waals surface area contributed by atoms with Crippen molar-refractivity contribution >= 4 is 17.2 Å². The van der Waals surface area contributed by atoms with Crippen LogP contribution in [0.1, 0.15) is 36.7 Å². The van der Waals surface area contributed by atoms with E-state index in [1.54, 1.807) is 0 Å². The second-order valence-electron chi connectivity index (χ2n) is 4.48. The Morgan fingerprint density at radius 3 is 2.82 bits per heavy atom. The van der Waals surface area contributed by atoms with Gasteiger partial charge in [-0.05, 0) is 19.3 Å². The second kappa shape index (κ2) is 4.53. The van der Waals surface area contributed by atoms with Gasteiger partial charge in [-0.15, -0.1) is 11.6 Å². The summed E-state index contributed by atoms with van der Waals surface area (Å²) in [6, 6.07) is 1.92. The number of hydrogen-bond acceptors (Lipinski definition) is 2. The van der Waals surface area contributed by atoms with Crippen molar-refractivity contribution in [2.45, 2.75) is 33.1 Å². The Morgan fingerprint density at radius 2 is 2.24 bits per heavy atom. The minimum Gasteiger partial charge on any atom is -0.293 e. The molecule has 0 atom stereocenters. The standard InChI is InChI=1S/C12H16ClN3O/c1-7(2)10-6-11-14-8(3)9(4-5-13)12(17)16(11)15-10/h6-7,15H,4-5H2,1-3H3. The Hall–Kier alpha value is -1.29. The fourth-order valence-electron chi connectivity index (χ4n) is 1.87. The van der Waals surface area contributed by atoms with Crippen molar-refractivity contribution in [1.82, 2.24) is 14.6 Å². The van der Waals surface area contributed by atoms with Gasteiger partial charge >= 0.3 is 0 Å². The molecule has 0 amide bonds. The van der Waals surface area contributed by atoms with Crippen LogP contribution >= 0.6 is 11.6 Å². The SMILES string of the molecule is Cc1nc2cc(C(C)C)[nH]n2c(=O)c1CCCl. The quantitative estimate of drug-likeness (QED) is 0.853. The fraction of sp³-hybridized carbons (Fsp3) is 0.500. The molecule has 92 valence electrons. The molecule has 4 nitrogen and oxygen atoms in total. The van der Waals surface area contributed by atoms with Crippen molar-refractivity contribution in [3.63, 3.8) is 0 Å². The summed E-state index contributed by atoms with van der Waals surface area (Å²) in [6.45, 7) is 6.00. The number of aromatic nitrogens is 3. The highest BCUT2D eigenvalue weighted by molar-refractivity contribution is 6.17. The third kappa shape index (κ3) is 2.09. The van der Waals surface area contributed by atoms with Crippen LogP contribution in [0.5, 0.6) is 0 Å². The molecule has 0 saturated heterocycles. The zero-order valence-electron chi connectivity index (χ0n) is 10.2. The van der Waals surface area contributed by atoms with Gasteiger partial charge in [0.1, 0.15) is 0 Å². The molecule has 0 saturated carbocycles. The molecule has 0 aliphatic carbocycles. The molecule has 1 N–H and O–H groups in total. The van der Waals surface area contributed by atoms with E-state index in [0.29, 0.717) is 29.4 Å². The number of nitrogens with one attached hydrogen (secondary N) is 1. The Morgan fingerprint density at radius 1 is 1.53 bits per heavy atom. The Labute approximate surface area is 105 Å². The van der Waals surface area contributed by atoms with E-state index in [-0.39, 0.29) is 5.56 Å². The summed E-state index contributed by atoms with van der Waals surface area (Å²) in [5.74, 6) is 0.773. The van der Waals surface area contributed by atoms with Gasteiger partial charge in [-0.3, -0.25) is 9.89 Å². The van der Waals surface area contributed by atoms with Gasteiger partial charge in [0.05, 0.1) is 0 Å². The van der Waals surface area contributed by atoms with Gasteiger partial charge in [0.15, 0.2) is 5.65 Å². The van der Waals surface area contributed by atoms with Gasteiger partial charge in [-0.25, -0.2) is 9.50 Å². The van der Waals surface area contributed by atoms with Crippen LogP contribution in [0.15, 0.2) is 10.9 Å². The minimum absolute atomic E-state index is 0.0416. The zero-order chi connectivity index (χ0) is 12.6. The van der Waals surface area contributed by atoms with Crippen LogP contribution in [-0.4, -0.2) is 20.5 Å². The molecule has 0 aromatic carbocycles. The van der Waals surface area contributed by atoms with Gasteiger partial charge in [-0.1, -0.05) is 13.8 Å². The molecule has 17 heavy (non-hydrogen) atoms. The van der Waals surface area contributed by atoms with E-state index in [0.717, 1.165) is 11.4 Å². The van der Waals surface area contributed by atoms with E-state index < -0.39 is 0 Å². The van der Waals surface area contributed by atoms with Crippen LogP contribution in [0.2, 0.25) is 0 Å². The van der Waals surface area contributed by atoms with Gasteiger partial charge < -0.3 is 0 Å². The van der Waals surface area contributed by atoms with E-state index >= 15 is 0 Å². The molecule has 0 aliphatic heterocycles. The van der Waals surface area contributed by atoms with Gasteiger partial charge in [0.2, 0.25) is 0 Å². The van der Waals surface area contributed by atoms with Gasteiger partial charge in [0, 0.05) is 28.9 Å². The Bertz CT molecular complexity index is 598. The summed E-state index contributed by atoms with van der Waals surface area (Å²) < 4.78 is 1.50. The minimum atomic E-state index is -0.0416. The molecule has 0 fully saturated rings. The molecule has 0 unspecified atom stereocenters. The zero-order valence-corrected chi connectivity index (χ0v) is 11.0. The summed E-state index contributed by atoms with van der Waals surface area (Å²) in [5, 5.41) is 3.09. The molecule has 0 spiro atoms. The van der Waals surface area contributed by atoms with Crippen molar-refractivity contribution in [1.29, 1.82) is 0 Å². The van der Waals surface area contributed by atoms with Crippen molar-refractivity contribution < 1.29 is 0 Å². The molecule has 2 heterocycles. The molecule has 2 aromatic heterocycles. The molecule has 0 bridgehead atoms. The van der Waals surface area contributed by atoms with Crippen LogP contribution in [-0.2, 0) is 6.42 Å². The topological polar surface area (TPSA) is 50.2 Å². The number of H-pyrrole nitrogens is 1. The van der Waals surface area contributed by atoms with Crippen LogP contribution in [0.25, 0.3) is 5.65 Å². The number of rotatable bonds is 3. The fourth-order valence-corrected chi connectivity index (χ4v) is 2.06. The van der Waals surface area contributed by atoms with Gasteiger partial charge in [0.25, 0.3) is 5.56 Å². The molecule has 2 rings (SSSR count). The highest BCUT2D eigenvalue weighted by Crippen LogP contribution is 2.14. The number of halogens is 1. The van der Waals surface area contributed by atoms with Crippen molar-refractivity contribution in [3.05, 3.63) is 33.4 Å². The van der Waals surface area contributed by atoms with Crippen molar-refractivity contribution in [3.8, 4) is 0 Å². The van der Waals surface area contributed by atoms with Crippen LogP contribution < -0.4 is 5.56 Å². The smallest absolute Gasteiger partial charge is 0.276 e. The first-order valence-corrected chi connectivity index (χ1v) is 6.25. The normalized spacial score (nSPS) is 11.6. The number of aryl methyl sites for hydroxylation is 1. The monoisotopic (exact) mass is 253 g/mol. The Kier molecular flexibility index (Phi) is 3.24. The summed E-state index contributed by atoms with van der Waals surface area (Å²) in [6.07, 6.45) is 0.554. The lowest BCUT2D eigenvalue weighted by Crippen LogP contribution is -2.22. The molecule has 5 heteroatoms. The molecule has 0 aliphatic rings. The second-order valence-corrected chi connectivity index (χ2v) is 4.86. The lowest BCUT2D eigenvalue weighted by atomic mass is 10.1. The Balaban J connectivity index is 2.69. The number of alkyl halides is 1. The summed E-state index contributed by atoms with van der Waals surface area (Å²) >= 11 is 5.70. The third-order valence-corrected chi connectivity index (χ3v) is 3.09. The summed E-state index contributed by atoms with van der Waals surface area (Å²) in [4.78, 5) is 16.6. The van der Waals surface area contributed by atoms with Crippen molar-refractivity contribution in [2.75, 3.05) is 5.88 Å². The van der Waals surface area contributed by atoms with E-state index in [2.05, 4.69) is 23.9 Å². The molecule has 2 aromatic rings. The highest BCUT2D eigenvalue weighted by Gasteiger charge is 2.12. The summed E-state index contributed by atoms with van der Waals surface area (Å²) in [5.41, 5.74) is 3.10. The maximum Gasteiger partial charge on any atom is 0.276 e. The maximum absolute atomic E-state index is 12.2. The predicted octanol–water partition coefficient (Wildman–Crippen LogP) is 2.24. The first-order valence-electron chi connectivity index (χ1n) is 5.71. The number of hydrogen-bond donors (Lipinski definition) is 1. The number of aromatic amines is 1. The van der Waals surface area contributed by atoms with E-state index in [1.165, 1.54) is 4.52 Å². The maximum atomic E-state index is 12.2. The average molecular weight is 254 g/mol. The first kappa shape index (κ1) is 12.2. The summed E-state index contributed by atoms with van der Waals surface area (Å²) in [7, 11) is 0. The van der Waals surface area contributed by atoms with Crippen LogP contribution in [0, 0.1) is 6.92 Å². The lowest BCUT2D eigenvalue weighted by Gasteiger charge is -2.02. The molecule has 0 radical (unpaired) electrons. The first-order chi connectivity index (χ1) is 8.04. The predicted molar refractivity (Wildman–Crippen MR) is 69.1 cm³/mol. The van der Waals surface area contributed by atoms with Crippen molar-refractivity contribution in [2.24, 2.45) is 0 Å². The lowest BCUT2D eigenvalue weighted by molar-refractivity contribution is 0.768. The highest BCUT2D eigenvalue weighted by atomic mass is 35.5. The van der Waals surface area contributed by atoms with E-state index in [1.807, 2.05) is 13.0 Å². The number of fused-ring (bicyclic) bond motifs is 1. The largest absolute Gasteiger partial charge is 0.293 e. The van der Waals surface area contributed by atoms with E-state index in [4.69, 9.17) is 11.6 Å². The third-order valence-electron chi connectivity index (χ3n) is 2.90. The average Bonchev–Trinajstić information content (AvgIpc) is 2.68. The van der Waals surface area contributed by atoms with Crippen LogP contribution in [0.4, 0.5) is 0 Å². The van der Waals surface area contributed by atoms with Crippen LogP contribution in [0.3, 0.4) is 0 Å². The molecular weight excluding hydrogens is 238 g/mol. The van der Waals surface area contributed by atoms with E-state index in [9.17, 15) is 4.79 Å². The van der Waals surface area contributed by atoms with Gasteiger partial charge in [-0.2, -0.15) is 0 Å². The number of nitrogens with zero attached hydrogens (tertiary/aromatic N) is 2. The molecular formula is C12H16ClN3O.